The summed E-state index contributed by atoms with van der Waals surface area (Å²) in [6.07, 6.45) is -10.7. The first-order valence-electron chi connectivity index (χ1n) is 23.1. The quantitative estimate of drug-likeness (QED) is 0.0226. The summed E-state index contributed by atoms with van der Waals surface area (Å²) in [7, 11) is -20.9. The van der Waals surface area contributed by atoms with Gasteiger partial charge < -0.3 is 75.1 Å². The van der Waals surface area contributed by atoms with Crippen LogP contribution in [0.1, 0.15) is 44.9 Å². The van der Waals surface area contributed by atoms with Crippen LogP contribution in [0.25, 0.3) is 22.3 Å². The number of phosphoric acid groups is 3. The summed E-state index contributed by atoms with van der Waals surface area (Å²) >= 11 is 0. The molecule has 14 N–H and O–H groups in total. The molecule has 430 valence electrons. The second-order valence-electron chi connectivity index (χ2n) is 17.8. The van der Waals surface area contributed by atoms with Crippen LogP contribution < -0.4 is 38.2 Å². The monoisotopic (exact) mass is 1190 g/mol. The van der Waals surface area contributed by atoms with Gasteiger partial charge in [0.25, 0.3) is 17.1 Å². The summed E-state index contributed by atoms with van der Waals surface area (Å²) in [6.45, 7) is -1.82. The number of aromatic amines is 2. The minimum atomic E-state index is -6.25. The number of aromatic nitrogens is 10. The number of anilines is 2. The van der Waals surface area contributed by atoms with Crippen LogP contribution in [0.3, 0.4) is 0 Å². The van der Waals surface area contributed by atoms with Crippen molar-refractivity contribution in [2.45, 2.75) is 93.3 Å². The Morgan fingerprint density at radius 1 is 0.846 bits per heavy atom. The van der Waals surface area contributed by atoms with E-state index in [9.17, 15) is 72.3 Å². The smallest absolute Gasteiger partial charge is 0.387 e. The number of imidazole rings is 2. The van der Waals surface area contributed by atoms with Crippen LogP contribution in [0.15, 0.2) is 45.6 Å². The maximum atomic E-state index is 14.3. The molecule has 3 saturated heterocycles. The first kappa shape index (κ1) is 59.1. The molecule has 78 heavy (non-hydrogen) atoms. The highest BCUT2D eigenvalue weighted by Gasteiger charge is 2.58. The van der Waals surface area contributed by atoms with Crippen LogP contribution in [0, 0.1) is 5.92 Å². The number of fused-ring (bicyclic) bond motifs is 2. The van der Waals surface area contributed by atoms with Gasteiger partial charge in [0.2, 0.25) is 17.7 Å². The Labute approximate surface area is 436 Å². The molecule has 8 heterocycles. The Bertz CT molecular complexity index is 3410. The predicted octanol–water partition coefficient (Wildman–Crippen LogP) is -3.25. The fraction of sp³-hybridized carbons (Fsp3) is 0.595. The minimum Gasteiger partial charge on any atom is -0.387 e. The van der Waals surface area contributed by atoms with Gasteiger partial charge in [0, 0.05) is 38.3 Å². The lowest BCUT2D eigenvalue weighted by Crippen LogP contribution is -2.46. The van der Waals surface area contributed by atoms with Gasteiger partial charge in [-0.05, 0) is 6.42 Å². The average molecular weight is 1190 g/mol. The topological polar surface area (TPSA) is 527 Å². The number of H-pyrrole nitrogens is 2. The molecule has 5 aromatic heterocycles. The van der Waals surface area contributed by atoms with E-state index in [0.29, 0.717) is 12.8 Å². The van der Waals surface area contributed by atoms with Crippen molar-refractivity contribution < 1.29 is 104 Å². The molecule has 0 aromatic carbocycles. The molecule has 3 aliphatic rings. The number of aryl methyl sites for hydroxylation is 1. The Balaban J connectivity index is 0.965. The van der Waals surface area contributed by atoms with Crippen molar-refractivity contribution in [2.24, 2.45) is 13.0 Å². The van der Waals surface area contributed by atoms with E-state index in [2.05, 4.69) is 38.9 Å². The highest BCUT2D eigenvalue weighted by molar-refractivity contribution is 7.66. The van der Waals surface area contributed by atoms with E-state index < -0.39 is 147 Å². The summed E-state index contributed by atoms with van der Waals surface area (Å²) in [5.74, 6) is -1.98. The second kappa shape index (κ2) is 23.2. The molecular weight excluding hydrogens is 1130 g/mol. The number of nitrogens with two attached hydrogens (primary N) is 2. The molecule has 3 fully saturated rings. The molecule has 0 spiro atoms. The number of rotatable bonds is 23. The fourth-order valence-electron chi connectivity index (χ4n) is 8.99. The molecule has 0 bridgehead atoms. The standard InChI is InChI=1S/C37H53N13O24P4/c1-4-5-6-20(51)40-9-16-17(70-33(24(16)53)50-15-47(2)23-31(50)45-36(39)46-32(23)56)10-68-76(60,61)73-78(64,65)74-77(62,63)69-12-19-28(27(66-3)35(72-19)49-14-43-22-29(38)41-13-42-30(22)49)75(58,59)67-11-18-25(54)26(55)34(71-18)48-8-7-21(52)44-37(48)57/h7-8,13-19,24-28,33-35,53-55H,4-6,9-12H2,1-3H3,(H10-,38,39,40,41,42,44,45,46,51,52,56,57,58,59,60,61,62,63,64,65)/p+1/t16-,17-,18-,19-,24-,25-,26-,27-,28-,33-,34-,35-/m1/s1. The van der Waals surface area contributed by atoms with Crippen LogP contribution in [0.2, 0.25) is 0 Å². The number of nitrogen functional groups attached to an aromatic ring is 2. The van der Waals surface area contributed by atoms with Gasteiger partial charge in [-0.1, -0.05) is 18.3 Å². The Morgan fingerprint density at radius 2 is 1.51 bits per heavy atom. The molecule has 0 aliphatic carbocycles. The zero-order valence-electron chi connectivity index (χ0n) is 40.9. The van der Waals surface area contributed by atoms with E-state index in [0.717, 1.165) is 36.6 Å². The normalized spacial score (nSPS) is 29.6. The van der Waals surface area contributed by atoms with Gasteiger partial charge in [-0.15, -0.1) is 0 Å². The number of nitrogens with one attached hydrogen (secondary N) is 3. The number of aliphatic hydroxyl groups excluding tert-OH is 3. The van der Waals surface area contributed by atoms with E-state index in [-0.39, 0.29) is 47.1 Å². The van der Waals surface area contributed by atoms with Gasteiger partial charge in [-0.25, -0.2) is 38.0 Å². The summed E-state index contributed by atoms with van der Waals surface area (Å²) in [6, 6.07) is 0.924. The number of aliphatic hydroxyl groups is 3. The molecule has 3 aliphatic heterocycles. The van der Waals surface area contributed by atoms with E-state index in [1.165, 1.54) is 27.1 Å². The first-order chi connectivity index (χ1) is 36.6. The molecule has 37 nitrogen and oxygen atoms in total. The van der Waals surface area contributed by atoms with Crippen molar-refractivity contribution in [1.82, 2.24) is 48.9 Å². The molecule has 0 radical (unpaired) electrons. The summed E-state index contributed by atoms with van der Waals surface area (Å²) < 4.78 is 106. The molecular formula is C37H54N13O24P4+. The largest absolute Gasteiger partial charge is 0.490 e. The van der Waals surface area contributed by atoms with Crippen molar-refractivity contribution >= 4 is 71.1 Å². The van der Waals surface area contributed by atoms with Gasteiger partial charge in [0.15, 0.2) is 30.2 Å². The van der Waals surface area contributed by atoms with Crippen molar-refractivity contribution in [1.29, 1.82) is 0 Å². The summed E-state index contributed by atoms with van der Waals surface area (Å²) in [5, 5.41) is 35.7. The van der Waals surface area contributed by atoms with Crippen molar-refractivity contribution in [2.75, 3.05) is 44.9 Å². The third-order valence-electron chi connectivity index (χ3n) is 12.6. The van der Waals surface area contributed by atoms with E-state index in [4.69, 9.17) is 44.0 Å². The maximum absolute atomic E-state index is 14.3. The number of unbranched alkanes of at least 4 members (excludes halogenated alkanes) is 1. The highest BCUT2D eigenvalue weighted by Crippen LogP contribution is 2.68. The van der Waals surface area contributed by atoms with Crippen LogP contribution in [0.4, 0.5) is 11.8 Å². The molecule has 5 aromatic rings. The number of hydrogen-bond acceptors (Lipinski definition) is 26. The van der Waals surface area contributed by atoms with Crippen LogP contribution in [0.5, 0.6) is 0 Å². The van der Waals surface area contributed by atoms with Gasteiger partial charge in [-0.3, -0.25) is 51.7 Å². The molecule has 0 saturated carbocycles. The van der Waals surface area contributed by atoms with E-state index in [1.54, 1.807) is 0 Å². The van der Waals surface area contributed by atoms with Crippen molar-refractivity contribution in [3.8, 4) is 0 Å². The molecule has 16 atom stereocenters. The average Bonchev–Trinajstić information content (AvgIpc) is 4.26. The van der Waals surface area contributed by atoms with Gasteiger partial charge in [-0.2, -0.15) is 8.62 Å². The Hall–Kier alpha value is -5.07. The number of nitrogens with zero attached hydrogens (tertiary/aromatic N) is 8. The SMILES string of the molecule is CCCCC(=O)NC[C@H]1[C@@H](O)[C@H]([n+]2cn(C)c3c(=O)[nH]c(N)nc32)O[C@@H]1COP(=O)(O)OP(=O)(O)OP(=O)(O)OC[C@H]1O[C@@H](n2cnc3c(N)ncnc32)[C@H](OC)[C@@H]1P(=O)(O)OC[C@H]1O[C@@H](n2ccc(=O)[nH]c2=O)[C@H](O)[C@@H]1O. The summed E-state index contributed by atoms with van der Waals surface area (Å²) in [4.78, 5) is 113. The highest BCUT2D eigenvalue weighted by atomic mass is 31.3. The van der Waals surface area contributed by atoms with E-state index >= 15 is 0 Å². The van der Waals surface area contributed by atoms with Crippen LogP contribution >= 0.6 is 31.1 Å². The Kier molecular flexibility index (Phi) is 17.6. The third kappa shape index (κ3) is 12.6. The number of carbonyl (C=O) groups excluding carboxylic acids is 1. The molecule has 41 heteroatoms. The van der Waals surface area contributed by atoms with E-state index in [1.807, 2.05) is 11.9 Å². The summed E-state index contributed by atoms with van der Waals surface area (Å²) in [5.41, 5.74) is 7.20. The van der Waals surface area contributed by atoms with Gasteiger partial charge in [0.1, 0.15) is 54.1 Å². The molecule has 1 amide bonds. The Morgan fingerprint density at radius 3 is 2.18 bits per heavy atom. The van der Waals surface area contributed by atoms with Gasteiger partial charge >= 0.3 is 42.4 Å². The predicted molar refractivity (Wildman–Crippen MR) is 257 cm³/mol. The number of carbonyl (C=O) groups is 1. The second-order valence-corrected chi connectivity index (χ2v) is 24.4. The van der Waals surface area contributed by atoms with Gasteiger partial charge in [0.05, 0.1) is 39.3 Å². The maximum Gasteiger partial charge on any atom is 0.490 e. The number of amides is 1. The van der Waals surface area contributed by atoms with Crippen LogP contribution in [-0.2, 0) is 71.2 Å². The lowest BCUT2D eigenvalue weighted by Gasteiger charge is -2.28. The third-order valence-corrected chi connectivity index (χ3v) is 18.8. The molecule has 4 unspecified atom stereocenters. The zero-order valence-corrected chi connectivity index (χ0v) is 44.4. The lowest BCUT2D eigenvalue weighted by molar-refractivity contribution is -0.745. The van der Waals surface area contributed by atoms with Crippen LogP contribution in [-0.4, -0.2) is 166 Å². The van der Waals surface area contributed by atoms with Crippen molar-refractivity contribution in [3.05, 3.63) is 62.4 Å². The van der Waals surface area contributed by atoms with Crippen molar-refractivity contribution in [3.63, 3.8) is 0 Å². The zero-order chi connectivity index (χ0) is 56.8. The number of hydrogen-bond donors (Lipinski definition) is 12. The number of phosphoric ester groups is 2. The first-order valence-corrected chi connectivity index (χ1v) is 29.3. The molecule has 8 rings (SSSR count). The number of ether oxygens (including phenoxy) is 4. The number of methoxy groups -OCH3 is 1. The minimum absolute atomic E-state index is 0.00234. The fourth-order valence-corrected chi connectivity index (χ4v) is 14.3. The lowest BCUT2D eigenvalue weighted by atomic mass is 9.98.